The van der Waals surface area contributed by atoms with Crippen LogP contribution in [0.3, 0.4) is 0 Å². The van der Waals surface area contributed by atoms with Crippen molar-refractivity contribution in [1.82, 2.24) is 0 Å². The summed E-state index contributed by atoms with van der Waals surface area (Å²) >= 11 is 7.46. The number of hydrogen-bond acceptors (Lipinski definition) is 3. The molecule has 0 bridgehead atoms. The van der Waals surface area contributed by atoms with E-state index >= 15 is 0 Å². The Kier molecular flexibility index (Phi) is 2.97. The van der Waals surface area contributed by atoms with Gasteiger partial charge in [-0.05, 0) is 36.4 Å². The van der Waals surface area contributed by atoms with Crippen molar-refractivity contribution >= 4 is 55.2 Å². The van der Waals surface area contributed by atoms with Crippen LogP contribution >= 0.6 is 22.9 Å². The minimum atomic E-state index is -0.0687. The van der Waals surface area contributed by atoms with Crippen LogP contribution in [-0.4, -0.2) is 6.41 Å². The molecule has 0 aliphatic heterocycles. The highest BCUT2D eigenvalue weighted by molar-refractivity contribution is 7.24. The van der Waals surface area contributed by atoms with E-state index in [0.29, 0.717) is 27.9 Å². The summed E-state index contributed by atoms with van der Waals surface area (Å²) in [4.78, 5) is 22.9. The maximum absolute atomic E-state index is 12.4. The van der Waals surface area contributed by atoms with E-state index in [2.05, 4.69) is 5.32 Å². The zero-order valence-corrected chi connectivity index (χ0v) is 11.2. The lowest BCUT2D eigenvalue weighted by molar-refractivity contribution is -0.105. The van der Waals surface area contributed by atoms with E-state index in [1.54, 1.807) is 24.3 Å². The number of benzene rings is 2. The van der Waals surface area contributed by atoms with Crippen molar-refractivity contribution < 1.29 is 4.79 Å². The molecule has 5 heteroatoms. The van der Waals surface area contributed by atoms with Crippen molar-refractivity contribution in [2.75, 3.05) is 5.32 Å². The van der Waals surface area contributed by atoms with Gasteiger partial charge in [0.15, 0.2) is 5.43 Å². The Bertz CT molecular complexity index is 857. The SMILES string of the molecule is O=CNc1ccc2sc3ccc(Cl)cc3c(=O)c2c1. The number of fused-ring (bicyclic) bond motifs is 2. The molecule has 0 spiro atoms. The standard InChI is InChI=1S/C14H8ClNO2S/c15-8-1-3-12-10(5-8)14(18)11-6-9(16-7-17)2-4-13(11)19-12/h1-7H,(H,16,17). The van der Waals surface area contributed by atoms with Gasteiger partial charge in [0.25, 0.3) is 0 Å². The number of rotatable bonds is 2. The zero-order valence-electron chi connectivity index (χ0n) is 9.64. The monoisotopic (exact) mass is 289 g/mol. The van der Waals surface area contributed by atoms with Gasteiger partial charge in [-0.25, -0.2) is 0 Å². The number of amides is 1. The van der Waals surface area contributed by atoms with Crippen LogP contribution < -0.4 is 10.7 Å². The Morgan fingerprint density at radius 2 is 1.74 bits per heavy atom. The molecule has 0 fully saturated rings. The lowest BCUT2D eigenvalue weighted by Crippen LogP contribution is -2.02. The van der Waals surface area contributed by atoms with E-state index < -0.39 is 0 Å². The van der Waals surface area contributed by atoms with Crippen LogP contribution in [-0.2, 0) is 4.79 Å². The number of nitrogens with one attached hydrogen (secondary N) is 1. The van der Waals surface area contributed by atoms with E-state index in [1.807, 2.05) is 12.1 Å². The van der Waals surface area contributed by atoms with Gasteiger partial charge in [0.1, 0.15) is 0 Å². The van der Waals surface area contributed by atoms with Crippen molar-refractivity contribution in [3.8, 4) is 0 Å². The molecule has 0 saturated heterocycles. The summed E-state index contributed by atoms with van der Waals surface area (Å²) in [7, 11) is 0. The molecule has 0 saturated carbocycles. The predicted molar refractivity (Wildman–Crippen MR) is 80.3 cm³/mol. The number of anilines is 1. The summed E-state index contributed by atoms with van der Waals surface area (Å²) in [5.74, 6) is 0. The van der Waals surface area contributed by atoms with Crippen molar-refractivity contribution in [3.63, 3.8) is 0 Å². The molecule has 3 aromatic rings. The maximum atomic E-state index is 12.4. The van der Waals surface area contributed by atoms with E-state index in [9.17, 15) is 9.59 Å². The summed E-state index contributed by atoms with van der Waals surface area (Å²) in [6.07, 6.45) is 0.590. The summed E-state index contributed by atoms with van der Waals surface area (Å²) < 4.78 is 1.79. The van der Waals surface area contributed by atoms with Crippen LogP contribution in [0.2, 0.25) is 5.02 Å². The average Bonchev–Trinajstić information content (AvgIpc) is 2.41. The molecule has 0 unspecified atom stereocenters. The molecule has 0 atom stereocenters. The van der Waals surface area contributed by atoms with Gasteiger partial charge in [-0.15, -0.1) is 11.3 Å². The van der Waals surface area contributed by atoms with Crippen molar-refractivity contribution in [1.29, 1.82) is 0 Å². The van der Waals surface area contributed by atoms with Crippen LogP contribution in [0, 0.1) is 0 Å². The van der Waals surface area contributed by atoms with Crippen molar-refractivity contribution in [2.24, 2.45) is 0 Å². The maximum Gasteiger partial charge on any atom is 0.211 e. The van der Waals surface area contributed by atoms with E-state index in [-0.39, 0.29) is 5.43 Å². The van der Waals surface area contributed by atoms with Gasteiger partial charge in [-0.2, -0.15) is 0 Å². The molecule has 3 rings (SSSR count). The largest absolute Gasteiger partial charge is 0.329 e. The molecule has 1 amide bonds. The molecule has 2 aromatic carbocycles. The highest BCUT2D eigenvalue weighted by Gasteiger charge is 2.07. The normalized spacial score (nSPS) is 10.8. The first-order valence-electron chi connectivity index (χ1n) is 5.55. The number of carbonyl (C=O) groups is 1. The van der Waals surface area contributed by atoms with Gasteiger partial charge in [0, 0.05) is 30.9 Å². The van der Waals surface area contributed by atoms with Crippen LogP contribution in [0.4, 0.5) is 5.69 Å². The molecular formula is C14H8ClNO2S. The van der Waals surface area contributed by atoms with E-state index in [4.69, 9.17) is 11.6 Å². The first-order valence-corrected chi connectivity index (χ1v) is 6.75. The van der Waals surface area contributed by atoms with Crippen molar-refractivity contribution in [3.05, 3.63) is 51.6 Å². The molecule has 1 N–H and O–H groups in total. The molecule has 3 nitrogen and oxygen atoms in total. The third-order valence-corrected chi connectivity index (χ3v) is 4.24. The Labute approximate surface area is 117 Å². The number of halogens is 1. The van der Waals surface area contributed by atoms with Gasteiger partial charge in [0.2, 0.25) is 6.41 Å². The molecule has 94 valence electrons. The lowest BCUT2D eigenvalue weighted by atomic mass is 10.1. The Hall–Kier alpha value is -1.91. The smallest absolute Gasteiger partial charge is 0.211 e. The van der Waals surface area contributed by atoms with Crippen LogP contribution in [0.15, 0.2) is 41.2 Å². The van der Waals surface area contributed by atoms with E-state index in [0.717, 1.165) is 9.40 Å². The molecule has 0 aliphatic rings. The zero-order chi connectivity index (χ0) is 13.4. The second-order valence-corrected chi connectivity index (χ2v) is 5.57. The van der Waals surface area contributed by atoms with Gasteiger partial charge < -0.3 is 5.32 Å². The molecule has 1 heterocycles. The first-order chi connectivity index (χ1) is 9.19. The quantitative estimate of drug-likeness (QED) is 0.578. The lowest BCUT2D eigenvalue weighted by Gasteiger charge is -2.03. The van der Waals surface area contributed by atoms with Crippen LogP contribution in [0.5, 0.6) is 0 Å². The summed E-state index contributed by atoms with van der Waals surface area (Å²) in [5.41, 5.74) is 0.536. The average molecular weight is 290 g/mol. The Morgan fingerprint density at radius 3 is 2.47 bits per heavy atom. The molecule has 19 heavy (non-hydrogen) atoms. The fourth-order valence-electron chi connectivity index (χ4n) is 1.99. The molecule has 1 aromatic heterocycles. The Morgan fingerprint density at radius 1 is 1.05 bits per heavy atom. The van der Waals surface area contributed by atoms with E-state index in [1.165, 1.54) is 11.3 Å². The summed E-state index contributed by atoms with van der Waals surface area (Å²) in [6.45, 7) is 0. The molecular weight excluding hydrogens is 282 g/mol. The predicted octanol–water partition coefficient (Wildman–Crippen LogP) is 3.64. The summed E-state index contributed by atoms with van der Waals surface area (Å²) in [5, 5.41) is 4.28. The second-order valence-electron chi connectivity index (χ2n) is 4.04. The minimum absolute atomic E-state index is 0.0687. The highest BCUT2D eigenvalue weighted by atomic mass is 35.5. The van der Waals surface area contributed by atoms with Gasteiger partial charge in [0.05, 0.1) is 0 Å². The fourth-order valence-corrected chi connectivity index (χ4v) is 3.19. The van der Waals surface area contributed by atoms with Gasteiger partial charge >= 0.3 is 0 Å². The van der Waals surface area contributed by atoms with Crippen LogP contribution in [0.1, 0.15) is 0 Å². The fraction of sp³-hybridized carbons (Fsp3) is 0. The highest BCUT2D eigenvalue weighted by Crippen LogP contribution is 2.28. The first kappa shape index (κ1) is 12.1. The number of carbonyl (C=O) groups excluding carboxylic acids is 1. The van der Waals surface area contributed by atoms with Gasteiger partial charge in [-0.1, -0.05) is 11.6 Å². The molecule has 0 radical (unpaired) electrons. The molecule has 0 aliphatic carbocycles. The second kappa shape index (κ2) is 4.64. The van der Waals surface area contributed by atoms with Gasteiger partial charge in [-0.3, -0.25) is 9.59 Å². The topological polar surface area (TPSA) is 46.2 Å². The number of hydrogen-bond donors (Lipinski definition) is 1. The third kappa shape index (κ3) is 2.09. The Balaban J connectivity index is 2.41. The van der Waals surface area contributed by atoms with Crippen LogP contribution in [0.25, 0.3) is 20.2 Å². The van der Waals surface area contributed by atoms with Crippen molar-refractivity contribution in [2.45, 2.75) is 0 Å². The third-order valence-electron chi connectivity index (χ3n) is 2.86. The minimum Gasteiger partial charge on any atom is -0.329 e. The summed E-state index contributed by atoms with van der Waals surface area (Å²) in [6, 6.07) is 10.6.